The van der Waals surface area contributed by atoms with Crippen molar-refractivity contribution in [1.29, 1.82) is 0 Å². The number of rotatable bonds is 2. The van der Waals surface area contributed by atoms with E-state index in [4.69, 9.17) is 9.47 Å². The Labute approximate surface area is 145 Å². The van der Waals surface area contributed by atoms with Crippen LogP contribution in [0.25, 0.3) is 0 Å². The Hall–Kier alpha value is -2.75. The minimum atomic E-state index is -0.606. The van der Waals surface area contributed by atoms with Crippen LogP contribution in [-0.4, -0.2) is 28.5 Å². The topological polar surface area (TPSA) is 107 Å². The molecule has 10 heteroatoms. The van der Waals surface area contributed by atoms with Crippen molar-refractivity contribution >= 4 is 33.6 Å². The van der Waals surface area contributed by atoms with Gasteiger partial charge in [0.25, 0.3) is 5.91 Å². The quantitative estimate of drug-likeness (QED) is 0.670. The first-order chi connectivity index (χ1) is 11.5. The van der Waals surface area contributed by atoms with E-state index in [0.717, 1.165) is 5.69 Å². The zero-order chi connectivity index (χ0) is 17.3. The van der Waals surface area contributed by atoms with Crippen molar-refractivity contribution in [1.82, 2.24) is 20.6 Å². The molecule has 0 saturated carbocycles. The van der Waals surface area contributed by atoms with Gasteiger partial charge in [-0.05, 0) is 35.0 Å². The van der Waals surface area contributed by atoms with E-state index in [1.807, 2.05) is 6.92 Å². The molecular formula is C14H14BrN5O4. The largest absolute Gasteiger partial charge is 0.454 e. The molecule has 2 aromatic rings. The van der Waals surface area contributed by atoms with E-state index in [2.05, 4.69) is 37.2 Å². The molecule has 1 aromatic carbocycles. The van der Waals surface area contributed by atoms with Gasteiger partial charge in [0.15, 0.2) is 17.2 Å². The number of ether oxygens (including phenoxy) is 2. The summed E-state index contributed by atoms with van der Waals surface area (Å²) in [4.78, 5) is 23.9. The number of fused-ring (bicyclic) bond motifs is 1. The molecule has 0 atom stereocenters. The SMILES string of the molecule is Cc1c(Br)c(C(=O)NNC(=O)Nc2ccc3c(c2)OCO3)nn1C. The summed E-state index contributed by atoms with van der Waals surface area (Å²) in [7, 11) is 1.72. The lowest BCUT2D eigenvalue weighted by Gasteiger charge is -2.08. The maximum atomic E-state index is 12.0. The van der Waals surface area contributed by atoms with Crippen LogP contribution >= 0.6 is 15.9 Å². The molecule has 24 heavy (non-hydrogen) atoms. The second-order valence-corrected chi connectivity index (χ2v) is 5.77. The summed E-state index contributed by atoms with van der Waals surface area (Å²) >= 11 is 3.29. The van der Waals surface area contributed by atoms with Gasteiger partial charge < -0.3 is 14.8 Å². The molecule has 0 spiro atoms. The zero-order valence-corrected chi connectivity index (χ0v) is 14.4. The van der Waals surface area contributed by atoms with Crippen LogP contribution in [0.1, 0.15) is 16.2 Å². The number of carbonyl (C=O) groups is 2. The van der Waals surface area contributed by atoms with E-state index in [1.54, 1.807) is 29.9 Å². The molecule has 3 amide bonds. The maximum absolute atomic E-state index is 12.0. The molecule has 0 unspecified atom stereocenters. The highest BCUT2D eigenvalue weighted by atomic mass is 79.9. The molecule has 3 rings (SSSR count). The number of hydrogen-bond acceptors (Lipinski definition) is 5. The number of urea groups is 1. The Kier molecular flexibility index (Phi) is 4.30. The fourth-order valence-electron chi connectivity index (χ4n) is 2.04. The van der Waals surface area contributed by atoms with Crippen LogP contribution in [0.2, 0.25) is 0 Å². The van der Waals surface area contributed by atoms with Crippen LogP contribution in [0, 0.1) is 6.92 Å². The van der Waals surface area contributed by atoms with Gasteiger partial charge in [-0.2, -0.15) is 5.10 Å². The Balaban J connectivity index is 1.57. The number of halogens is 1. The Bertz CT molecular complexity index is 820. The number of nitrogens with one attached hydrogen (secondary N) is 3. The number of hydrazine groups is 1. The molecule has 2 heterocycles. The number of aryl methyl sites for hydroxylation is 1. The first-order valence-corrected chi connectivity index (χ1v) is 7.71. The van der Waals surface area contributed by atoms with Crippen molar-refractivity contribution in [2.75, 3.05) is 12.1 Å². The predicted molar refractivity (Wildman–Crippen MR) is 87.8 cm³/mol. The Morgan fingerprint density at radius 2 is 2.00 bits per heavy atom. The first kappa shape index (κ1) is 16.1. The maximum Gasteiger partial charge on any atom is 0.337 e. The number of anilines is 1. The molecule has 126 valence electrons. The van der Waals surface area contributed by atoms with Gasteiger partial charge in [-0.25, -0.2) is 10.2 Å². The molecule has 0 bridgehead atoms. The number of hydrogen-bond donors (Lipinski definition) is 3. The van der Waals surface area contributed by atoms with E-state index in [9.17, 15) is 9.59 Å². The van der Waals surface area contributed by atoms with E-state index >= 15 is 0 Å². The van der Waals surface area contributed by atoms with Gasteiger partial charge >= 0.3 is 6.03 Å². The van der Waals surface area contributed by atoms with E-state index in [-0.39, 0.29) is 12.5 Å². The summed E-state index contributed by atoms with van der Waals surface area (Å²) in [5.74, 6) is 0.626. The van der Waals surface area contributed by atoms with Gasteiger partial charge in [-0.1, -0.05) is 0 Å². The van der Waals surface area contributed by atoms with E-state index in [0.29, 0.717) is 21.7 Å². The normalized spacial score (nSPS) is 12.0. The molecule has 0 radical (unpaired) electrons. The highest BCUT2D eigenvalue weighted by Crippen LogP contribution is 2.34. The third-order valence-corrected chi connectivity index (χ3v) is 4.35. The Morgan fingerprint density at radius 1 is 1.25 bits per heavy atom. The summed E-state index contributed by atoms with van der Waals surface area (Å²) in [5, 5.41) is 6.64. The molecule has 0 aliphatic carbocycles. The van der Waals surface area contributed by atoms with Crippen molar-refractivity contribution in [3.05, 3.63) is 34.1 Å². The Morgan fingerprint density at radius 3 is 2.71 bits per heavy atom. The average molecular weight is 396 g/mol. The highest BCUT2D eigenvalue weighted by Gasteiger charge is 2.18. The molecule has 3 N–H and O–H groups in total. The van der Waals surface area contributed by atoms with Crippen LogP contribution in [-0.2, 0) is 7.05 Å². The average Bonchev–Trinajstić information content (AvgIpc) is 3.12. The van der Waals surface area contributed by atoms with Gasteiger partial charge in [0, 0.05) is 18.8 Å². The van der Waals surface area contributed by atoms with Gasteiger partial charge in [0.2, 0.25) is 6.79 Å². The van der Waals surface area contributed by atoms with Gasteiger partial charge in [0.05, 0.1) is 10.2 Å². The minimum absolute atomic E-state index is 0.152. The third-order valence-electron chi connectivity index (χ3n) is 3.40. The van der Waals surface area contributed by atoms with Crippen molar-refractivity contribution < 1.29 is 19.1 Å². The lowest BCUT2D eigenvalue weighted by Crippen LogP contribution is -2.44. The summed E-state index contributed by atoms with van der Waals surface area (Å²) in [5.41, 5.74) is 6.03. The van der Waals surface area contributed by atoms with Crippen molar-refractivity contribution in [2.24, 2.45) is 7.05 Å². The summed E-state index contributed by atoms with van der Waals surface area (Å²) < 4.78 is 12.5. The smallest absolute Gasteiger partial charge is 0.337 e. The number of aromatic nitrogens is 2. The van der Waals surface area contributed by atoms with E-state index < -0.39 is 11.9 Å². The second kappa shape index (κ2) is 6.40. The number of amides is 3. The summed E-state index contributed by atoms with van der Waals surface area (Å²) in [6.45, 7) is 1.97. The molecule has 1 aromatic heterocycles. The van der Waals surface area contributed by atoms with Crippen LogP contribution in [0.15, 0.2) is 22.7 Å². The predicted octanol–water partition coefficient (Wildman–Crippen LogP) is 1.69. The fraction of sp³-hybridized carbons (Fsp3) is 0.214. The van der Waals surface area contributed by atoms with Gasteiger partial charge in [-0.15, -0.1) is 0 Å². The molecule has 1 aliphatic rings. The molecule has 1 aliphatic heterocycles. The van der Waals surface area contributed by atoms with Crippen molar-refractivity contribution in [2.45, 2.75) is 6.92 Å². The van der Waals surface area contributed by atoms with Crippen LogP contribution in [0.4, 0.5) is 10.5 Å². The van der Waals surface area contributed by atoms with Gasteiger partial charge in [-0.3, -0.25) is 14.9 Å². The summed E-state index contributed by atoms with van der Waals surface area (Å²) in [6, 6.07) is 4.37. The van der Waals surface area contributed by atoms with E-state index in [1.165, 1.54) is 0 Å². The van der Waals surface area contributed by atoms with Crippen LogP contribution in [0.3, 0.4) is 0 Å². The molecular weight excluding hydrogens is 382 g/mol. The fourth-order valence-corrected chi connectivity index (χ4v) is 2.55. The molecule has 9 nitrogen and oxygen atoms in total. The zero-order valence-electron chi connectivity index (χ0n) is 12.8. The lowest BCUT2D eigenvalue weighted by molar-refractivity contribution is 0.0931. The monoisotopic (exact) mass is 395 g/mol. The van der Waals surface area contributed by atoms with Gasteiger partial charge in [0.1, 0.15) is 0 Å². The van der Waals surface area contributed by atoms with Crippen LogP contribution in [0.5, 0.6) is 11.5 Å². The minimum Gasteiger partial charge on any atom is -0.454 e. The number of nitrogens with zero attached hydrogens (tertiary/aromatic N) is 2. The van der Waals surface area contributed by atoms with Crippen molar-refractivity contribution in [3.63, 3.8) is 0 Å². The third kappa shape index (κ3) is 3.13. The highest BCUT2D eigenvalue weighted by molar-refractivity contribution is 9.10. The van der Waals surface area contributed by atoms with Crippen molar-refractivity contribution in [3.8, 4) is 11.5 Å². The molecule has 0 fully saturated rings. The number of benzene rings is 1. The van der Waals surface area contributed by atoms with Crippen LogP contribution < -0.4 is 25.6 Å². The summed E-state index contributed by atoms with van der Waals surface area (Å²) in [6.07, 6.45) is 0. The lowest BCUT2D eigenvalue weighted by atomic mass is 10.3. The molecule has 0 saturated heterocycles. The standard InChI is InChI=1S/C14H14BrN5O4/c1-7-11(15)12(19-20(7)2)13(21)17-18-14(22)16-8-3-4-9-10(5-8)24-6-23-9/h3-5H,6H2,1-2H3,(H,17,21)(H2,16,18,22). The number of carbonyl (C=O) groups excluding carboxylic acids is 2. The second-order valence-electron chi connectivity index (χ2n) is 4.97. The first-order valence-electron chi connectivity index (χ1n) is 6.92.